The van der Waals surface area contributed by atoms with E-state index >= 15 is 0 Å². The Labute approximate surface area is 157 Å². The first kappa shape index (κ1) is 18.3. The van der Waals surface area contributed by atoms with Crippen LogP contribution in [0.5, 0.6) is 0 Å². The zero-order valence-corrected chi connectivity index (χ0v) is 16.5. The summed E-state index contributed by atoms with van der Waals surface area (Å²) >= 11 is 0. The number of hydrogen-bond acceptors (Lipinski definition) is 1. The van der Waals surface area contributed by atoms with Crippen LogP contribution in [0.2, 0.25) is 0 Å². The second kappa shape index (κ2) is 7.41. The summed E-state index contributed by atoms with van der Waals surface area (Å²) in [5.41, 5.74) is 6.15. The van der Waals surface area contributed by atoms with Gasteiger partial charge in [0, 0.05) is 17.2 Å². The largest absolute Gasteiger partial charge is 0.287 e. The van der Waals surface area contributed by atoms with Crippen molar-refractivity contribution in [1.82, 2.24) is 4.98 Å². The Kier molecular flexibility index (Phi) is 5.22. The van der Waals surface area contributed by atoms with Crippen molar-refractivity contribution in [2.45, 2.75) is 39.5 Å². The number of nitrogens with zero attached hydrogens (tertiary/aromatic N) is 2. The number of benzene rings is 2. The Morgan fingerprint density at radius 2 is 1.65 bits per heavy atom. The number of rotatable bonds is 5. The summed E-state index contributed by atoms with van der Waals surface area (Å²) < 4.78 is 2.12. The van der Waals surface area contributed by atoms with E-state index in [0.717, 1.165) is 11.3 Å². The van der Waals surface area contributed by atoms with Gasteiger partial charge < -0.3 is 0 Å². The molecule has 1 aromatic heterocycles. The smallest absolute Gasteiger partial charge is 0.232 e. The molecule has 0 spiro atoms. The van der Waals surface area contributed by atoms with Gasteiger partial charge in [0.2, 0.25) is 0 Å². The van der Waals surface area contributed by atoms with Crippen LogP contribution in [0.25, 0.3) is 22.5 Å². The summed E-state index contributed by atoms with van der Waals surface area (Å²) in [6, 6.07) is 21.4. The Balaban J connectivity index is 2.16. The van der Waals surface area contributed by atoms with Gasteiger partial charge in [-0.15, -0.1) is 0 Å². The van der Waals surface area contributed by atoms with Gasteiger partial charge in [0.15, 0.2) is 5.69 Å². The fraction of sp³-hybridized carbons (Fsp3) is 0.333. The van der Waals surface area contributed by atoms with Crippen LogP contribution in [0.3, 0.4) is 0 Å². The van der Waals surface area contributed by atoms with Crippen molar-refractivity contribution in [3.8, 4) is 22.5 Å². The summed E-state index contributed by atoms with van der Waals surface area (Å²) in [5, 5.41) is 0. The lowest BCUT2D eigenvalue weighted by atomic mass is 9.71. The number of aryl methyl sites for hydroxylation is 1. The monoisotopic (exact) mass is 345 g/mol. The van der Waals surface area contributed by atoms with Crippen LogP contribution >= 0.6 is 0 Å². The molecule has 0 amide bonds. The molecule has 0 radical (unpaired) electrons. The molecular formula is C24H29N2+. The minimum Gasteiger partial charge on any atom is -0.232 e. The molecule has 26 heavy (non-hydrogen) atoms. The Morgan fingerprint density at radius 3 is 2.35 bits per heavy atom. The molecule has 3 aromatic rings. The van der Waals surface area contributed by atoms with Gasteiger partial charge in [-0.05, 0) is 21.9 Å². The first-order chi connectivity index (χ1) is 12.4. The van der Waals surface area contributed by atoms with Crippen molar-refractivity contribution in [1.29, 1.82) is 0 Å². The van der Waals surface area contributed by atoms with Crippen LogP contribution in [0.1, 0.15) is 39.7 Å². The van der Waals surface area contributed by atoms with Crippen LogP contribution in [0.15, 0.2) is 67.0 Å². The molecule has 0 saturated heterocycles. The van der Waals surface area contributed by atoms with Crippen LogP contribution in [-0.2, 0) is 12.5 Å². The Bertz CT molecular complexity index is 882. The van der Waals surface area contributed by atoms with Crippen molar-refractivity contribution < 1.29 is 4.57 Å². The molecule has 134 valence electrons. The zero-order chi connectivity index (χ0) is 18.7. The summed E-state index contributed by atoms with van der Waals surface area (Å²) in [7, 11) is 2.07. The third-order valence-corrected chi connectivity index (χ3v) is 5.83. The third kappa shape index (κ3) is 3.41. The van der Waals surface area contributed by atoms with Crippen molar-refractivity contribution in [3.05, 3.63) is 72.6 Å². The molecule has 0 fully saturated rings. The molecule has 0 bridgehead atoms. The predicted molar refractivity (Wildman–Crippen MR) is 109 cm³/mol. The van der Waals surface area contributed by atoms with Crippen LogP contribution in [0, 0.1) is 5.92 Å². The molecule has 2 aromatic carbocycles. The lowest BCUT2D eigenvalue weighted by molar-refractivity contribution is -0.663. The fourth-order valence-electron chi connectivity index (χ4n) is 3.56. The highest BCUT2D eigenvalue weighted by atomic mass is 15.0. The zero-order valence-electron chi connectivity index (χ0n) is 16.5. The van der Waals surface area contributed by atoms with Gasteiger partial charge >= 0.3 is 0 Å². The lowest BCUT2D eigenvalue weighted by Gasteiger charge is -2.33. The second-order valence-electron chi connectivity index (χ2n) is 7.71. The Morgan fingerprint density at radius 1 is 1.00 bits per heavy atom. The van der Waals surface area contributed by atoms with E-state index in [1.807, 2.05) is 12.4 Å². The maximum absolute atomic E-state index is 4.64. The average Bonchev–Trinajstić information content (AvgIpc) is 2.68. The first-order valence-corrected chi connectivity index (χ1v) is 9.46. The van der Waals surface area contributed by atoms with E-state index in [4.69, 9.17) is 0 Å². The van der Waals surface area contributed by atoms with E-state index in [0.29, 0.717) is 5.92 Å². The van der Waals surface area contributed by atoms with Crippen molar-refractivity contribution in [2.75, 3.05) is 0 Å². The molecule has 0 N–H and O–H groups in total. The van der Waals surface area contributed by atoms with Crippen LogP contribution in [0.4, 0.5) is 0 Å². The SMILES string of the molecule is CCC(C)C(C)(C)c1ccccc1-c1cc(-c2ccccc2)nc[n+]1C. The maximum atomic E-state index is 4.64. The van der Waals surface area contributed by atoms with Crippen molar-refractivity contribution >= 4 is 0 Å². The van der Waals surface area contributed by atoms with E-state index in [9.17, 15) is 0 Å². The molecule has 1 heterocycles. The molecule has 0 aliphatic heterocycles. The minimum atomic E-state index is 0.106. The Hall–Kier alpha value is -2.48. The van der Waals surface area contributed by atoms with Gasteiger partial charge in [-0.1, -0.05) is 88.7 Å². The molecular weight excluding hydrogens is 316 g/mol. The molecule has 0 aliphatic rings. The summed E-state index contributed by atoms with van der Waals surface area (Å²) in [6.07, 6.45) is 3.09. The molecule has 2 heteroatoms. The molecule has 0 saturated carbocycles. The van der Waals surface area contributed by atoms with Gasteiger partial charge in [-0.2, -0.15) is 0 Å². The van der Waals surface area contributed by atoms with Crippen molar-refractivity contribution in [3.63, 3.8) is 0 Å². The third-order valence-electron chi connectivity index (χ3n) is 5.83. The van der Waals surface area contributed by atoms with E-state index < -0.39 is 0 Å². The van der Waals surface area contributed by atoms with Crippen molar-refractivity contribution in [2.24, 2.45) is 13.0 Å². The maximum Gasteiger partial charge on any atom is 0.287 e. The standard InChI is InChI=1S/C24H29N2/c1-6-18(2)24(3,4)21-15-11-10-14-20(21)23-16-22(25-17-26(23)5)19-12-8-7-9-13-19/h7-18H,6H2,1-5H3/q+1. The highest BCUT2D eigenvalue weighted by Crippen LogP contribution is 2.38. The van der Waals surface area contributed by atoms with Gasteiger partial charge in [0.25, 0.3) is 6.33 Å². The topological polar surface area (TPSA) is 16.8 Å². The van der Waals surface area contributed by atoms with Gasteiger partial charge in [-0.3, -0.25) is 0 Å². The lowest BCUT2D eigenvalue weighted by Crippen LogP contribution is -2.33. The summed E-state index contributed by atoms with van der Waals surface area (Å²) in [6.45, 7) is 9.34. The average molecular weight is 346 g/mol. The van der Waals surface area contributed by atoms with Gasteiger partial charge in [0.1, 0.15) is 5.69 Å². The quantitative estimate of drug-likeness (QED) is 0.553. The highest BCUT2D eigenvalue weighted by molar-refractivity contribution is 5.68. The predicted octanol–water partition coefficient (Wildman–Crippen LogP) is 5.56. The number of hydrogen-bond donors (Lipinski definition) is 0. The van der Waals surface area contributed by atoms with E-state index in [-0.39, 0.29) is 5.41 Å². The molecule has 2 nitrogen and oxygen atoms in total. The molecule has 0 aliphatic carbocycles. The van der Waals surface area contributed by atoms with E-state index in [2.05, 4.69) is 98.9 Å². The van der Waals surface area contributed by atoms with Gasteiger partial charge in [-0.25, -0.2) is 4.57 Å². The number of aromatic nitrogens is 2. The molecule has 3 rings (SSSR count). The highest BCUT2D eigenvalue weighted by Gasteiger charge is 2.30. The molecule has 1 unspecified atom stereocenters. The second-order valence-corrected chi connectivity index (χ2v) is 7.71. The first-order valence-electron chi connectivity index (χ1n) is 9.46. The van der Waals surface area contributed by atoms with Gasteiger partial charge in [0.05, 0.1) is 7.05 Å². The minimum absolute atomic E-state index is 0.106. The summed E-state index contributed by atoms with van der Waals surface area (Å²) in [4.78, 5) is 4.64. The summed E-state index contributed by atoms with van der Waals surface area (Å²) in [5.74, 6) is 0.601. The van der Waals surface area contributed by atoms with E-state index in [1.54, 1.807) is 0 Å². The normalized spacial score (nSPS) is 12.8. The van der Waals surface area contributed by atoms with E-state index in [1.165, 1.54) is 23.2 Å². The van der Waals surface area contributed by atoms with Crippen LogP contribution < -0.4 is 4.57 Å². The fourth-order valence-corrected chi connectivity index (χ4v) is 3.56. The molecule has 1 atom stereocenters. The van der Waals surface area contributed by atoms with Crippen LogP contribution in [-0.4, -0.2) is 4.98 Å².